The number of hydrogen-bond acceptors (Lipinski definition) is 7. The van der Waals surface area contributed by atoms with E-state index in [2.05, 4.69) is 4.98 Å². The fraction of sp³-hybridized carbons (Fsp3) is 0.292. The molecule has 1 aromatic carbocycles. The molecule has 172 valence electrons. The van der Waals surface area contributed by atoms with E-state index in [0.29, 0.717) is 28.3 Å². The van der Waals surface area contributed by atoms with Gasteiger partial charge < -0.3 is 9.30 Å². The zero-order valence-electron chi connectivity index (χ0n) is 18.4. The molecule has 7 nitrogen and oxygen atoms in total. The summed E-state index contributed by atoms with van der Waals surface area (Å²) in [6, 6.07) is 14.4. The minimum atomic E-state index is -3.05. The van der Waals surface area contributed by atoms with Gasteiger partial charge in [0.15, 0.2) is 16.4 Å². The van der Waals surface area contributed by atoms with Crippen LogP contribution in [-0.4, -0.2) is 47.8 Å². The molecule has 0 aliphatic carbocycles. The highest BCUT2D eigenvalue weighted by atomic mass is 32.2. The highest BCUT2D eigenvalue weighted by molar-refractivity contribution is 7.99. The van der Waals surface area contributed by atoms with E-state index in [1.807, 2.05) is 41.8 Å². The van der Waals surface area contributed by atoms with Crippen molar-refractivity contribution in [3.8, 4) is 0 Å². The van der Waals surface area contributed by atoms with Crippen LogP contribution < -0.4 is 0 Å². The number of esters is 1. The maximum absolute atomic E-state index is 12.9. The molecule has 33 heavy (non-hydrogen) atoms. The predicted molar refractivity (Wildman–Crippen MR) is 126 cm³/mol. The fourth-order valence-electron chi connectivity index (χ4n) is 4.11. The number of aryl methyl sites for hydroxylation is 1. The number of pyridine rings is 1. The second kappa shape index (κ2) is 9.52. The number of nitrogens with zero attached hydrogens (tertiary/aromatic N) is 2. The van der Waals surface area contributed by atoms with E-state index in [1.165, 1.54) is 11.8 Å². The van der Waals surface area contributed by atoms with Crippen molar-refractivity contribution in [3.05, 3.63) is 77.2 Å². The van der Waals surface area contributed by atoms with E-state index >= 15 is 0 Å². The van der Waals surface area contributed by atoms with Crippen molar-refractivity contribution in [1.29, 1.82) is 0 Å². The number of carbonyl (C=O) groups is 2. The van der Waals surface area contributed by atoms with Gasteiger partial charge in [-0.15, -0.1) is 0 Å². The number of Topliss-reactive ketones (excluding diaryl/α,β-unsaturated/α-hetero) is 1. The summed E-state index contributed by atoms with van der Waals surface area (Å²) in [7, 11) is -3.05. The Morgan fingerprint density at radius 1 is 1.12 bits per heavy atom. The van der Waals surface area contributed by atoms with Crippen LogP contribution in [0.3, 0.4) is 0 Å². The molecule has 0 bridgehead atoms. The summed E-state index contributed by atoms with van der Waals surface area (Å²) in [5.74, 6) is -0.714. The largest absolute Gasteiger partial charge is 0.454 e. The first kappa shape index (κ1) is 23.3. The normalized spacial score (nSPS) is 17.1. The topological polar surface area (TPSA) is 95.3 Å². The molecule has 0 amide bonds. The second-order valence-electron chi connectivity index (χ2n) is 7.98. The summed E-state index contributed by atoms with van der Waals surface area (Å²) < 4.78 is 31.0. The van der Waals surface area contributed by atoms with Crippen molar-refractivity contribution in [2.75, 3.05) is 18.1 Å². The van der Waals surface area contributed by atoms with Crippen molar-refractivity contribution < 1.29 is 22.7 Å². The van der Waals surface area contributed by atoms with Gasteiger partial charge in [-0.05, 0) is 50.6 Å². The second-order valence-corrected chi connectivity index (χ2v) is 11.3. The van der Waals surface area contributed by atoms with Crippen molar-refractivity contribution in [1.82, 2.24) is 9.55 Å². The SMILES string of the molecule is Cc1cc(C(=O)COC(=O)c2cccnc2Sc2ccccc2)c(C)n1C1CCS(=O)(=O)C1. The number of aromatic nitrogens is 2. The summed E-state index contributed by atoms with van der Waals surface area (Å²) in [6.07, 6.45) is 2.13. The lowest BCUT2D eigenvalue weighted by Gasteiger charge is -2.16. The van der Waals surface area contributed by atoms with Gasteiger partial charge in [0.2, 0.25) is 5.78 Å². The number of benzene rings is 1. The molecule has 1 unspecified atom stereocenters. The first-order chi connectivity index (χ1) is 15.7. The van der Waals surface area contributed by atoms with Crippen LogP contribution in [0.5, 0.6) is 0 Å². The molecule has 2 aromatic heterocycles. The van der Waals surface area contributed by atoms with E-state index < -0.39 is 22.4 Å². The Morgan fingerprint density at radius 2 is 1.88 bits per heavy atom. The smallest absolute Gasteiger partial charge is 0.341 e. The third kappa shape index (κ3) is 5.20. The van der Waals surface area contributed by atoms with Crippen molar-refractivity contribution >= 4 is 33.4 Å². The number of carbonyl (C=O) groups excluding carboxylic acids is 2. The van der Waals surface area contributed by atoms with Crippen LogP contribution in [0.4, 0.5) is 0 Å². The van der Waals surface area contributed by atoms with Crippen LogP contribution in [0.25, 0.3) is 0 Å². The minimum Gasteiger partial charge on any atom is -0.454 e. The molecule has 1 aliphatic heterocycles. The Hall–Kier alpha value is -2.91. The lowest BCUT2D eigenvalue weighted by molar-refractivity contribution is 0.0470. The number of ether oxygens (including phenoxy) is 1. The molecule has 3 aromatic rings. The zero-order chi connectivity index (χ0) is 23.6. The van der Waals surface area contributed by atoms with Gasteiger partial charge in [-0.25, -0.2) is 18.2 Å². The maximum atomic E-state index is 12.9. The van der Waals surface area contributed by atoms with E-state index in [0.717, 1.165) is 10.6 Å². The van der Waals surface area contributed by atoms with Crippen LogP contribution >= 0.6 is 11.8 Å². The molecule has 0 radical (unpaired) electrons. The van der Waals surface area contributed by atoms with E-state index in [1.54, 1.807) is 31.3 Å². The van der Waals surface area contributed by atoms with Gasteiger partial charge in [-0.3, -0.25) is 4.79 Å². The molecule has 4 rings (SSSR count). The lowest BCUT2D eigenvalue weighted by Crippen LogP contribution is -2.17. The van der Waals surface area contributed by atoms with Gasteiger partial charge in [0.1, 0.15) is 5.03 Å². The van der Waals surface area contributed by atoms with E-state index in [9.17, 15) is 18.0 Å². The summed E-state index contributed by atoms with van der Waals surface area (Å²) in [4.78, 5) is 30.8. The van der Waals surface area contributed by atoms with Gasteiger partial charge in [-0.2, -0.15) is 0 Å². The average molecular weight is 485 g/mol. The molecule has 9 heteroatoms. The highest BCUT2D eigenvalue weighted by Crippen LogP contribution is 2.30. The van der Waals surface area contributed by atoms with Crippen LogP contribution in [0.1, 0.15) is 44.6 Å². The van der Waals surface area contributed by atoms with Crippen molar-refractivity contribution in [2.24, 2.45) is 0 Å². The molecular weight excluding hydrogens is 460 g/mol. The summed E-state index contributed by atoms with van der Waals surface area (Å²) >= 11 is 1.35. The predicted octanol–water partition coefficient (Wildman–Crippen LogP) is 4.05. The zero-order valence-corrected chi connectivity index (χ0v) is 20.0. The Morgan fingerprint density at radius 3 is 2.58 bits per heavy atom. The molecule has 1 atom stereocenters. The molecule has 3 heterocycles. The van der Waals surface area contributed by atoms with Gasteiger partial charge in [0, 0.05) is 34.1 Å². The van der Waals surface area contributed by atoms with Crippen molar-refractivity contribution in [2.45, 2.75) is 36.2 Å². The Bertz CT molecular complexity index is 1300. The van der Waals surface area contributed by atoms with E-state index in [4.69, 9.17) is 4.74 Å². The van der Waals surface area contributed by atoms with Gasteiger partial charge in [0.05, 0.1) is 17.1 Å². The molecule has 0 spiro atoms. The van der Waals surface area contributed by atoms with Gasteiger partial charge >= 0.3 is 5.97 Å². The Kier molecular flexibility index (Phi) is 6.71. The van der Waals surface area contributed by atoms with Gasteiger partial charge in [0.25, 0.3) is 0 Å². The van der Waals surface area contributed by atoms with Crippen LogP contribution in [0.2, 0.25) is 0 Å². The maximum Gasteiger partial charge on any atom is 0.341 e. The average Bonchev–Trinajstić information content (AvgIpc) is 3.30. The minimum absolute atomic E-state index is 0.0782. The molecule has 0 saturated carbocycles. The van der Waals surface area contributed by atoms with Gasteiger partial charge in [-0.1, -0.05) is 30.0 Å². The molecule has 1 aliphatic rings. The number of sulfone groups is 1. The third-order valence-corrected chi connectivity index (χ3v) is 8.42. The molecule has 1 saturated heterocycles. The molecular formula is C24H24N2O5S2. The van der Waals surface area contributed by atoms with Crippen LogP contribution in [0, 0.1) is 13.8 Å². The Labute approximate surface area is 197 Å². The Balaban J connectivity index is 1.46. The summed E-state index contributed by atoms with van der Waals surface area (Å²) in [5, 5.41) is 0.502. The summed E-state index contributed by atoms with van der Waals surface area (Å²) in [6.45, 7) is 3.24. The number of ketones is 1. The quantitative estimate of drug-likeness (QED) is 0.369. The number of hydrogen-bond donors (Lipinski definition) is 0. The third-order valence-electron chi connectivity index (χ3n) is 5.64. The molecule has 1 fully saturated rings. The fourth-order valence-corrected chi connectivity index (χ4v) is 6.71. The first-order valence-electron chi connectivity index (χ1n) is 10.5. The monoisotopic (exact) mass is 484 g/mol. The highest BCUT2D eigenvalue weighted by Gasteiger charge is 2.31. The van der Waals surface area contributed by atoms with Crippen LogP contribution in [-0.2, 0) is 14.6 Å². The van der Waals surface area contributed by atoms with Crippen LogP contribution in [0.15, 0.2) is 64.6 Å². The summed E-state index contributed by atoms with van der Waals surface area (Å²) in [5.41, 5.74) is 2.24. The van der Waals surface area contributed by atoms with E-state index in [-0.39, 0.29) is 23.3 Å². The number of rotatable bonds is 7. The first-order valence-corrected chi connectivity index (χ1v) is 13.2. The molecule has 0 N–H and O–H groups in total. The van der Waals surface area contributed by atoms with Crippen molar-refractivity contribution in [3.63, 3.8) is 0 Å². The lowest BCUT2D eigenvalue weighted by atomic mass is 10.1. The standard InChI is InChI=1S/C24H24N2O5S2/c1-16-13-21(17(2)26(16)18-10-12-33(29,30)15-18)22(27)14-31-24(28)20-9-6-11-25-23(20)32-19-7-4-3-5-8-19/h3-9,11,13,18H,10,12,14-15H2,1-2H3.